The first kappa shape index (κ1) is 21.9. The molecule has 3 heterocycles. The highest BCUT2D eigenvalue weighted by Crippen LogP contribution is 2.41. The number of aliphatic hydroxyl groups excluding tert-OH is 1. The van der Waals surface area contributed by atoms with Crippen molar-refractivity contribution < 1.29 is 14.6 Å². The molecule has 1 atom stereocenters. The molecule has 0 spiro atoms. The third-order valence-electron chi connectivity index (χ3n) is 6.94. The molecule has 172 valence electrons. The summed E-state index contributed by atoms with van der Waals surface area (Å²) in [5.41, 5.74) is 4.93. The van der Waals surface area contributed by atoms with Crippen LogP contribution in [0.5, 0.6) is 5.75 Å². The van der Waals surface area contributed by atoms with E-state index in [2.05, 4.69) is 26.7 Å². The van der Waals surface area contributed by atoms with Gasteiger partial charge in [-0.15, -0.1) is 0 Å². The summed E-state index contributed by atoms with van der Waals surface area (Å²) in [4.78, 5) is 7.77. The molecule has 5 rings (SSSR count). The highest BCUT2D eigenvalue weighted by atomic mass is 35.5. The summed E-state index contributed by atoms with van der Waals surface area (Å²) in [6, 6.07) is 4.83. The van der Waals surface area contributed by atoms with Crippen LogP contribution in [0.3, 0.4) is 0 Å². The Morgan fingerprint density at radius 3 is 2.73 bits per heavy atom. The standard InChI is InChI=1S/C25H26ClFN4O2/c1-13(23-22(33)8-7-21(27)24(23)26)19-11-29-25-18(19)9-15(10-28-25)20-12-30-31(14(20)2)16-3-5-17(32)6-4-16/h7-13,16-17,32-33H,3-6H2,1-2H3,(H,28,29)/t13-,16-,17-/m0/s1. The molecule has 1 aromatic carbocycles. The van der Waals surface area contributed by atoms with Gasteiger partial charge >= 0.3 is 0 Å². The summed E-state index contributed by atoms with van der Waals surface area (Å²) in [5.74, 6) is -0.952. The van der Waals surface area contributed by atoms with Crippen molar-refractivity contribution in [3.05, 3.63) is 64.5 Å². The van der Waals surface area contributed by atoms with Crippen molar-refractivity contribution in [2.24, 2.45) is 0 Å². The van der Waals surface area contributed by atoms with Gasteiger partial charge in [-0.25, -0.2) is 9.37 Å². The lowest BCUT2D eigenvalue weighted by Gasteiger charge is -2.26. The van der Waals surface area contributed by atoms with Crippen LogP contribution < -0.4 is 0 Å². The molecule has 0 bridgehead atoms. The van der Waals surface area contributed by atoms with Gasteiger partial charge in [-0.2, -0.15) is 5.10 Å². The minimum Gasteiger partial charge on any atom is -0.508 e. The summed E-state index contributed by atoms with van der Waals surface area (Å²) >= 11 is 6.21. The van der Waals surface area contributed by atoms with Gasteiger partial charge in [0.05, 0.1) is 23.4 Å². The van der Waals surface area contributed by atoms with Gasteiger partial charge in [0, 0.05) is 46.1 Å². The molecule has 6 nitrogen and oxygen atoms in total. The van der Waals surface area contributed by atoms with Crippen LogP contribution in [-0.2, 0) is 0 Å². The Kier molecular flexibility index (Phi) is 5.62. The van der Waals surface area contributed by atoms with Gasteiger partial charge < -0.3 is 15.2 Å². The van der Waals surface area contributed by atoms with E-state index in [0.29, 0.717) is 17.3 Å². The minimum atomic E-state index is -0.562. The maximum atomic E-state index is 14.1. The van der Waals surface area contributed by atoms with Crippen LogP contribution in [0.25, 0.3) is 22.2 Å². The third kappa shape index (κ3) is 3.79. The number of fused-ring (bicyclic) bond motifs is 1. The number of halogens is 2. The zero-order chi connectivity index (χ0) is 23.3. The molecule has 1 saturated carbocycles. The largest absolute Gasteiger partial charge is 0.508 e. The topological polar surface area (TPSA) is 87.0 Å². The fraction of sp³-hybridized carbons (Fsp3) is 0.360. The average molecular weight is 469 g/mol. The van der Waals surface area contributed by atoms with Crippen LogP contribution in [0, 0.1) is 12.7 Å². The number of benzene rings is 1. The van der Waals surface area contributed by atoms with Crippen molar-refractivity contribution in [1.82, 2.24) is 19.7 Å². The van der Waals surface area contributed by atoms with Crippen LogP contribution in [-0.4, -0.2) is 36.1 Å². The van der Waals surface area contributed by atoms with E-state index in [1.165, 1.54) is 6.07 Å². The summed E-state index contributed by atoms with van der Waals surface area (Å²) in [6.07, 6.45) is 8.74. The number of aromatic hydroxyl groups is 1. The Morgan fingerprint density at radius 1 is 1.21 bits per heavy atom. The first-order valence-corrected chi connectivity index (χ1v) is 11.6. The maximum Gasteiger partial charge on any atom is 0.142 e. The zero-order valence-corrected chi connectivity index (χ0v) is 19.3. The molecule has 3 aromatic heterocycles. The van der Waals surface area contributed by atoms with E-state index in [0.717, 1.165) is 59.5 Å². The van der Waals surface area contributed by atoms with E-state index in [4.69, 9.17) is 11.6 Å². The summed E-state index contributed by atoms with van der Waals surface area (Å²) in [5, 5.41) is 25.7. The van der Waals surface area contributed by atoms with Gasteiger partial charge in [0.2, 0.25) is 0 Å². The van der Waals surface area contributed by atoms with Crippen LogP contribution in [0.4, 0.5) is 4.39 Å². The van der Waals surface area contributed by atoms with E-state index in [1.54, 1.807) is 0 Å². The number of nitrogens with zero attached hydrogens (tertiary/aromatic N) is 3. The third-order valence-corrected chi connectivity index (χ3v) is 7.32. The number of aromatic amines is 1. The van der Waals surface area contributed by atoms with Crippen LogP contribution in [0.15, 0.2) is 36.8 Å². The number of hydrogen-bond acceptors (Lipinski definition) is 4. The van der Waals surface area contributed by atoms with Gasteiger partial charge in [-0.05, 0) is 56.4 Å². The van der Waals surface area contributed by atoms with Crippen molar-refractivity contribution in [3.63, 3.8) is 0 Å². The van der Waals surface area contributed by atoms with Gasteiger partial charge in [0.1, 0.15) is 17.2 Å². The Bertz CT molecular complexity index is 1320. The van der Waals surface area contributed by atoms with Crippen LogP contribution in [0.2, 0.25) is 5.02 Å². The molecule has 1 fully saturated rings. The molecular formula is C25H26ClFN4O2. The first-order chi connectivity index (χ1) is 15.8. The molecule has 0 amide bonds. The van der Waals surface area contributed by atoms with Crippen molar-refractivity contribution in [1.29, 1.82) is 0 Å². The number of hydrogen-bond donors (Lipinski definition) is 3. The Morgan fingerprint density at radius 2 is 1.97 bits per heavy atom. The smallest absolute Gasteiger partial charge is 0.142 e. The number of phenols is 1. The normalized spacial score (nSPS) is 19.8. The van der Waals surface area contributed by atoms with Crippen LogP contribution in [0.1, 0.15) is 61.4 Å². The monoisotopic (exact) mass is 468 g/mol. The van der Waals surface area contributed by atoms with Crippen molar-refractivity contribution >= 4 is 22.6 Å². The minimum absolute atomic E-state index is 0.0397. The predicted octanol–water partition coefficient (Wildman–Crippen LogP) is 5.86. The summed E-state index contributed by atoms with van der Waals surface area (Å²) in [7, 11) is 0. The van der Waals surface area contributed by atoms with E-state index < -0.39 is 5.82 Å². The van der Waals surface area contributed by atoms with Crippen molar-refractivity contribution in [2.75, 3.05) is 0 Å². The molecule has 3 N–H and O–H groups in total. The SMILES string of the molecule is Cc1c(-c2cnc3[nH]cc([C@H](C)c4c(O)ccc(F)c4Cl)c3c2)cnn1[C@H]1CC[C@H](O)CC1. The average Bonchev–Trinajstić information content (AvgIpc) is 3.40. The molecule has 1 aliphatic carbocycles. The summed E-state index contributed by atoms with van der Waals surface area (Å²) < 4.78 is 16.2. The second kappa shape index (κ2) is 8.47. The number of aromatic nitrogens is 4. The highest BCUT2D eigenvalue weighted by Gasteiger charge is 2.25. The van der Waals surface area contributed by atoms with Gasteiger partial charge in [-0.3, -0.25) is 4.68 Å². The zero-order valence-electron chi connectivity index (χ0n) is 18.5. The van der Waals surface area contributed by atoms with Crippen LogP contribution >= 0.6 is 11.6 Å². The number of phenolic OH excluding ortho intramolecular Hbond substituents is 1. The van der Waals surface area contributed by atoms with Crippen molar-refractivity contribution in [3.8, 4) is 16.9 Å². The number of nitrogens with one attached hydrogen (secondary N) is 1. The van der Waals surface area contributed by atoms with Gasteiger partial charge in [-0.1, -0.05) is 18.5 Å². The quantitative estimate of drug-likeness (QED) is 0.350. The molecule has 0 radical (unpaired) electrons. The van der Waals surface area contributed by atoms with Gasteiger partial charge in [0.25, 0.3) is 0 Å². The second-order valence-corrected chi connectivity index (χ2v) is 9.31. The molecule has 0 aliphatic heterocycles. The maximum absolute atomic E-state index is 14.1. The fourth-order valence-electron chi connectivity index (χ4n) is 5.03. The van der Waals surface area contributed by atoms with E-state index in [-0.39, 0.29) is 22.8 Å². The first-order valence-electron chi connectivity index (χ1n) is 11.2. The Labute approximate surface area is 196 Å². The predicted molar refractivity (Wildman–Crippen MR) is 126 cm³/mol. The number of H-pyrrole nitrogens is 1. The van der Waals surface area contributed by atoms with E-state index >= 15 is 0 Å². The number of rotatable bonds is 4. The van der Waals surface area contributed by atoms with E-state index in [9.17, 15) is 14.6 Å². The van der Waals surface area contributed by atoms with Gasteiger partial charge in [0.15, 0.2) is 0 Å². The molecule has 8 heteroatoms. The lowest BCUT2D eigenvalue weighted by atomic mass is 9.91. The molecule has 1 aliphatic rings. The highest BCUT2D eigenvalue weighted by molar-refractivity contribution is 6.31. The number of pyridine rings is 1. The second-order valence-electron chi connectivity index (χ2n) is 8.93. The summed E-state index contributed by atoms with van der Waals surface area (Å²) in [6.45, 7) is 3.94. The Balaban J connectivity index is 1.53. The molecule has 0 saturated heterocycles. The molecular weight excluding hydrogens is 443 g/mol. The molecule has 4 aromatic rings. The molecule has 0 unspecified atom stereocenters. The lowest BCUT2D eigenvalue weighted by molar-refractivity contribution is 0.107. The molecule has 33 heavy (non-hydrogen) atoms. The fourth-order valence-corrected chi connectivity index (χ4v) is 5.35. The lowest BCUT2D eigenvalue weighted by Crippen LogP contribution is -2.22. The Hall–Kier alpha value is -2.90. The number of aliphatic hydroxyl groups is 1. The van der Waals surface area contributed by atoms with Crippen molar-refractivity contribution in [2.45, 2.75) is 57.6 Å². The van der Waals surface area contributed by atoms with E-state index in [1.807, 2.05) is 31.6 Å².